The third-order valence-corrected chi connectivity index (χ3v) is 1.57. The van der Waals surface area contributed by atoms with Gasteiger partial charge < -0.3 is 5.11 Å². The molecule has 1 aromatic heterocycles. The SMILES string of the molecule is OC(CCn1cccn1)C(F)(F)F. The molecule has 0 aliphatic heterocycles. The Bertz CT molecular complexity index is 245. The van der Waals surface area contributed by atoms with Crippen LogP contribution in [-0.2, 0) is 6.54 Å². The van der Waals surface area contributed by atoms with Gasteiger partial charge in [-0.25, -0.2) is 0 Å². The molecular formula is C7H9F3N2O. The highest BCUT2D eigenvalue weighted by molar-refractivity contribution is 4.78. The summed E-state index contributed by atoms with van der Waals surface area (Å²) in [6.45, 7) is 0.0632. The number of aryl methyl sites for hydroxylation is 1. The molecule has 1 unspecified atom stereocenters. The molecule has 1 aromatic rings. The zero-order valence-electron chi connectivity index (χ0n) is 6.70. The normalized spacial score (nSPS) is 14.5. The molecule has 0 amide bonds. The van der Waals surface area contributed by atoms with E-state index in [9.17, 15) is 13.2 Å². The van der Waals surface area contributed by atoms with Gasteiger partial charge in [0.1, 0.15) is 0 Å². The van der Waals surface area contributed by atoms with Crippen molar-refractivity contribution in [2.75, 3.05) is 0 Å². The van der Waals surface area contributed by atoms with Gasteiger partial charge in [-0.2, -0.15) is 18.3 Å². The van der Waals surface area contributed by atoms with Gasteiger partial charge in [0.05, 0.1) is 0 Å². The van der Waals surface area contributed by atoms with Gasteiger partial charge in [-0.05, 0) is 6.07 Å². The summed E-state index contributed by atoms with van der Waals surface area (Å²) in [5.74, 6) is 0. The quantitative estimate of drug-likeness (QED) is 0.785. The third-order valence-electron chi connectivity index (χ3n) is 1.57. The number of halogens is 3. The lowest BCUT2D eigenvalue weighted by molar-refractivity contribution is -0.206. The van der Waals surface area contributed by atoms with Crippen molar-refractivity contribution in [2.24, 2.45) is 0 Å². The monoisotopic (exact) mass is 194 g/mol. The van der Waals surface area contributed by atoms with E-state index in [1.807, 2.05) is 0 Å². The van der Waals surface area contributed by atoms with E-state index >= 15 is 0 Å². The van der Waals surface area contributed by atoms with E-state index < -0.39 is 12.3 Å². The maximum absolute atomic E-state index is 11.8. The van der Waals surface area contributed by atoms with Gasteiger partial charge >= 0.3 is 6.18 Å². The van der Waals surface area contributed by atoms with Crippen LogP contribution in [0.15, 0.2) is 18.5 Å². The zero-order valence-corrected chi connectivity index (χ0v) is 6.70. The van der Waals surface area contributed by atoms with Crippen LogP contribution in [0, 0.1) is 0 Å². The molecule has 1 N–H and O–H groups in total. The average Bonchev–Trinajstić information content (AvgIpc) is 2.50. The molecular weight excluding hydrogens is 185 g/mol. The molecule has 13 heavy (non-hydrogen) atoms. The number of nitrogens with zero attached hydrogens (tertiary/aromatic N) is 2. The summed E-state index contributed by atoms with van der Waals surface area (Å²) >= 11 is 0. The van der Waals surface area contributed by atoms with Gasteiger partial charge in [0.2, 0.25) is 0 Å². The second kappa shape index (κ2) is 3.78. The fourth-order valence-electron chi connectivity index (χ4n) is 0.851. The lowest BCUT2D eigenvalue weighted by Crippen LogP contribution is -2.29. The van der Waals surface area contributed by atoms with Crippen LogP contribution in [0.4, 0.5) is 13.2 Å². The van der Waals surface area contributed by atoms with Crippen molar-refractivity contribution >= 4 is 0 Å². The first-order chi connectivity index (χ1) is 6.00. The van der Waals surface area contributed by atoms with Crippen molar-refractivity contribution in [3.63, 3.8) is 0 Å². The minimum Gasteiger partial charge on any atom is -0.384 e. The minimum absolute atomic E-state index is 0.0632. The van der Waals surface area contributed by atoms with Crippen LogP contribution >= 0.6 is 0 Å². The maximum atomic E-state index is 11.8. The molecule has 0 fully saturated rings. The fourth-order valence-corrected chi connectivity index (χ4v) is 0.851. The number of aliphatic hydroxyl groups excluding tert-OH is 1. The third kappa shape index (κ3) is 3.06. The first-order valence-electron chi connectivity index (χ1n) is 3.72. The van der Waals surface area contributed by atoms with Crippen LogP contribution in [0.25, 0.3) is 0 Å². The van der Waals surface area contributed by atoms with E-state index in [0.29, 0.717) is 0 Å². The maximum Gasteiger partial charge on any atom is 0.414 e. The van der Waals surface area contributed by atoms with E-state index in [1.165, 1.54) is 10.9 Å². The van der Waals surface area contributed by atoms with E-state index in [0.717, 1.165) is 0 Å². The Balaban J connectivity index is 2.35. The molecule has 74 valence electrons. The fraction of sp³-hybridized carbons (Fsp3) is 0.571. The molecule has 1 atom stereocenters. The molecule has 0 saturated heterocycles. The van der Waals surface area contributed by atoms with E-state index in [-0.39, 0.29) is 13.0 Å². The summed E-state index contributed by atoms with van der Waals surface area (Å²) in [6, 6.07) is 1.61. The van der Waals surface area contributed by atoms with Crippen LogP contribution in [0.1, 0.15) is 6.42 Å². The topological polar surface area (TPSA) is 38.0 Å². The van der Waals surface area contributed by atoms with Crippen molar-refractivity contribution in [3.05, 3.63) is 18.5 Å². The molecule has 1 heterocycles. The number of hydrogen-bond donors (Lipinski definition) is 1. The number of rotatable bonds is 3. The summed E-state index contributed by atoms with van der Waals surface area (Å²) in [7, 11) is 0. The van der Waals surface area contributed by atoms with Crippen molar-refractivity contribution in [1.29, 1.82) is 0 Å². The van der Waals surface area contributed by atoms with E-state index in [1.54, 1.807) is 12.3 Å². The second-order valence-corrected chi connectivity index (χ2v) is 2.62. The van der Waals surface area contributed by atoms with Gasteiger partial charge in [-0.15, -0.1) is 0 Å². The number of aromatic nitrogens is 2. The molecule has 0 aliphatic rings. The number of aliphatic hydroxyl groups is 1. The van der Waals surface area contributed by atoms with Gasteiger partial charge in [0, 0.05) is 25.4 Å². The lowest BCUT2D eigenvalue weighted by Gasteiger charge is -2.13. The Kier molecular flexibility index (Phi) is 2.92. The highest BCUT2D eigenvalue weighted by Crippen LogP contribution is 2.22. The molecule has 1 rings (SSSR count). The Morgan fingerprint density at radius 1 is 1.46 bits per heavy atom. The summed E-state index contributed by atoms with van der Waals surface area (Å²) in [6.07, 6.45) is -4.15. The van der Waals surface area contributed by atoms with Crippen LogP contribution in [0.3, 0.4) is 0 Å². The second-order valence-electron chi connectivity index (χ2n) is 2.62. The molecule has 0 aromatic carbocycles. The average molecular weight is 194 g/mol. The summed E-state index contributed by atoms with van der Waals surface area (Å²) < 4.78 is 36.7. The molecule has 0 radical (unpaired) electrons. The van der Waals surface area contributed by atoms with Gasteiger partial charge in [-0.3, -0.25) is 4.68 Å². The molecule has 0 aliphatic carbocycles. The predicted octanol–water partition coefficient (Wildman–Crippen LogP) is 1.20. The van der Waals surface area contributed by atoms with Gasteiger partial charge in [0.15, 0.2) is 6.10 Å². The first-order valence-corrected chi connectivity index (χ1v) is 3.72. The Morgan fingerprint density at radius 3 is 2.62 bits per heavy atom. The Morgan fingerprint density at radius 2 is 2.15 bits per heavy atom. The predicted molar refractivity (Wildman–Crippen MR) is 38.9 cm³/mol. The zero-order chi connectivity index (χ0) is 9.90. The molecule has 0 bridgehead atoms. The summed E-state index contributed by atoms with van der Waals surface area (Å²) in [5.41, 5.74) is 0. The summed E-state index contributed by atoms with van der Waals surface area (Å²) in [5, 5.41) is 12.3. The van der Waals surface area contributed by atoms with Crippen molar-refractivity contribution in [1.82, 2.24) is 9.78 Å². The lowest BCUT2D eigenvalue weighted by atomic mass is 10.2. The van der Waals surface area contributed by atoms with Crippen LogP contribution < -0.4 is 0 Å². The number of hydrogen-bond acceptors (Lipinski definition) is 2. The largest absolute Gasteiger partial charge is 0.414 e. The van der Waals surface area contributed by atoms with Crippen molar-refractivity contribution in [2.45, 2.75) is 25.2 Å². The Hall–Kier alpha value is -1.04. The minimum atomic E-state index is -4.53. The van der Waals surface area contributed by atoms with Crippen LogP contribution in [0.2, 0.25) is 0 Å². The van der Waals surface area contributed by atoms with E-state index in [4.69, 9.17) is 5.11 Å². The Labute approximate surface area is 72.8 Å². The van der Waals surface area contributed by atoms with Crippen LogP contribution in [0.5, 0.6) is 0 Å². The van der Waals surface area contributed by atoms with Crippen molar-refractivity contribution in [3.8, 4) is 0 Å². The molecule has 3 nitrogen and oxygen atoms in total. The molecule has 0 spiro atoms. The first kappa shape index (κ1) is 10.0. The summed E-state index contributed by atoms with van der Waals surface area (Å²) in [4.78, 5) is 0. The highest BCUT2D eigenvalue weighted by atomic mass is 19.4. The number of alkyl halides is 3. The van der Waals surface area contributed by atoms with Crippen molar-refractivity contribution < 1.29 is 18.3 Å². The smallest absolute Gasteiger partial charge is 0.384 e. The van der Waals surface area contributed by atoms with Crippen LogP contribution in [-0.4, -0.2) is 27.2 Å². The standard InChI is InChI=1S/C7H9F3N2O/c8-7(9,10)6(13)2-5-12-4-1-3-11-12/h1,3-4,6,13H,2,5H2. The molecule has 0 saturated carbocycles. The van der Waals surface area contributed by atoms with Gasteiger partial charge in [0.25, 0.3) is 0 Å². The van der Waals surface area contributed by atoms with Gasteiger partial charge in [-0.1, -0.05) is 0 Å². The van der Waals surface area contributed by atoms with E-state index in [2.05, 4.69) is 5.10 Å². The highest BCUT2D eigenvalue weighted by Gasteiger charge is 2.37. The molecule has 6 heteroatoms.